The molecule has 14 aromatic carbocycles. The molecule has 0 bridgehead atoms. The highest BCUT2D eigenvalue weighted by molar-refractivity contribution is 6.27. The van der Waals surface area contributed by atoms with Crippen LogP contribution in [0.5, 0.6) is 0 Å². The van der Waals surface area contributed by atoms with Crippen LogP contribution in [0.4, 0.5) is 0 Å². The van der Waals surface area contributed by atoms with Gasteiger partial charge in [-0.05, 0) is 47.0 Å². The van der Waals surface area contributed by atoms with Gasteiger partial charge in [0.15, 0.2) is 34.9 Å². The van der Waals surface area contributed by atoms with Crippen molar-refractivity contribution in [3.05, 3.63) is 340 Å². The van der Waals surface area contributed by atoms with E-state index < -0.39 is 0 Å². The molecule has 0 spiro atoms. The second kappa shape index (κ2) is 25.2. The fourth-order valence-corrected chi connectivity index (χ4v) is 14.1. The van der Waals surface area contributed by atoms with Crippen LogP contribution in [0.25, 0.3) is 200 Å². The lowest BCUT2D eigenvalue weighted by Gasteiger charge is -2.10. The van der Waals surface area contributed by atoms with Gasteiger partial charge in [-0.25, -0.2) is 39.9 Å². The molecule has 0 saturated heterocycles. The average molecular weight is 1310 g/mol. The van der Waals surface area contributed by atoms with Crippen LogP contribution < -0.4 is 0 Å². The lowest BCUT2D eigenvalue weighted by Crippen LogP contribution is -2.00. The Balaban J connectivity index is 0.000000145. The van der Waals surface area contributed by atoms with Gasteiger partial charge in [-0.1, -0.05) is 309 Å². The van der Waals surface area contributed by atoms with E-state index in [0.717, 1.165) is 165 Å². The zero-order valence-electron chi connectivity index (χ0n) is 54.7. The third-order valence-corrected chi connectivity index (χ3v) is 19.1. The van der Waals surface area contributed by atoms with Crippen LogP contribution in [0, 0.1) is 0 Å². The largest absolute Gasteiger partial charge is 0.455 e. The summed E-state index contributed by atoms with van der Waals surface area (Å²) in [4.78, 5) is 39.7. The summed E-state index contributed by atoms with van der Waals surface area (Å²) in [5.41, 5.74) is 19.1. The number of nitrogens with zero attached hydrogens (tertiary/aromatic N) is 8. The van der Waals surface area contributed by atoms with Crippen molar-refractivity contribution < 1.29 is 8.83 Å². The number of hydrogen-bond donors (Lipinski definition) is 0. The Morgan fingerprint density at radius 1 is 0.157 bits per heavy atom. The van der Waals surface area contributed by atoms with Crippen LogP contribution in [0.15, 0.2) is 349 Å². The van der Waals surface area contributed by atoms with E-state index in [2.05, 4.69) is 170 Å². The zero-order valence-corrected chi connectivity index (χ0v) is 54.7. The number of furan rings is 2. The second-order valence-corrected chi connectivity index (χ2v) is 25.2. The van der Waals surface area contributed by atoms with Crippen LogP contribution in [0.3, 0.4) is 0 Å². The Labute approximate surface area is 585 Å². The van der Waals surface area contributed by atoms with Gasteiger partial charge in [0.1, 0.15) is 22.3 Å². The molecule has 10 nitrogen and oxygen atoms in total. The molecule has 10 heteroatoms. The molecule has 6 heterocycles. The van der Waals surface area contributed by atoms with Gasteiger partial charge in [-0.15, -0.1) is 0 Å². The first-order chi connectivity index (χ1) is 50.6. The summed E-state index contributed by atoms with van der Waals surface area (Å²) in [7, 11) is 0. The molecule has 20 rings (SSSR count). The fraction of sp³-hybridized carbons (Fsp3) is 0. The maximum Gasteiger partial charge on any atom is 0.167 e. The molecule has 0 unspecified atom stereocenters. The van der Waals surface area contributed by atoms with Crippen LogP contribution >= 0.6 is 0 Å². The van der Waals surface area contributed by atoms with Crippen LogP contribution in [-0.2, 0) is 0 Å². The van der Waals surface area contributed by atoms with E-state index in [0.29, 0.717) is 34.9 Å². The number of para-hydroxylation sites is 4. The van der Waals surface area contributed by atoms with Crippen molar-refractivity contribution in [3.8, 4) is 113 Å². The predicted molar refractivity (Wildman–Crippen MR) is 414 cm³/mol. The van der Waals surface area contributed by atoms with Crippen molar-refractivity contribution in [1.29, 1.82) is 0 Å². The van der Waals surface area contributed by atoms with Gasteiger partial charge in [-0.2, -0.15) is 0 Å². The molecule has 476 valence electrons. The van der Waals surface area contributed by atoms with E-state index >= 15 is 0 Å². The number of rotatable bonds is 10. The Morgan fingerprint density at radius 3 is 0.824 bits per heavy atom. The summed E-state index contributed by atoms with van der Waals surface area (Å²) in [6, 6.07) is 116. The molecule has 0 fully saturated rings. The van der Waals surface area contributed by atoms with Gasteiger partial charge in [0, 0.05) is 98.4 Å². The Morgan fingerprint density at radius 2 is 0.431 bits per heavy atom. The fourth-order valence-electron chi connectivity index (χ4n) is 14.1. The van der Waals surface area contributed by atoms with Gasteiger partial charge in [0.2, 0.25) is 0 Å². The smallest absolute Gasteiger partial charge is 0.167 e. The van der Waals surface area contributed by atoms with E-state index in [-0.39, 0.29) is 0 Å². The standard InChI is InChI=1S/C52H32N4O.C40H24N4O/c1-4-13-36(14-5-1)47-44-32-31-42-41-21-12-20-40(48(41)57-49(42)46(44)43-19-10-11-22-45(43)53-47)35-27-23-33(24-28-35)34-25-29-39(30-26-34)52-55-50(37-15-6-2-7-16-37)54-51(56-52)38-17-8-3-9-18-38;1-4-13-25(14-5-1)35-31-24-23-29-28-20-12-21-32(36(28)45-37(29)34(31)30-19-10-11-22-33(30)41-35)40-43-38(26-15-6-2-7-16-26)42-39(44-40)27-17-8-3-9-18-27/h1-32H;1-24H. The summed E-state index contributed by atoms with van der Waals surface area (Å²) in [6.45, 7) is 0. The Kier molecular flexibility index (Phi) is 14.6. The monoisotopic (exact) mass is 1300 g/mol. The number of benzene rings is 14. The number of aromatic nitrogens is 8. The van der Waals surface area contributed by atoms with Crippen molar-refractivity contribution >= 4 is 87.2 Å². The average Bonchev–Trinajstić information content (AvgIpc) is 1.53. The predicted octanol–water partition coefficient (Wildman–Crippen LogP) is 23.6. The highest BCUT2D eigenvalue weighted by Crippen LogP contribution is 2.46. The van der Waals surface area contributed by atoms with Gasteiger partial charge >= 0.3 is 0 Å². The molecular formula is C92H56N8O2. The first kappa shape index (κ1) is 59.3. The minimum atomic E-state index is 0.563. The summed E-state index contributed by atoms with van der Waals surface area (Å²) >= 11 is 0. The SMILES string of the molecule is c1ccc(-c2nc(-c3ccccc3)nc(-c3ccc(-c4ccc(-c5cccc6c5oc5c6ccc6c(-c7ccccc7)nc7ccccc7c65)cc4)cc3)n2)cc1.c1ccc(-c2nc(-c3ccccc3)nc(-c3cccc4c3oc3c4ccc4c(-c5ccccc5)nc5ccccc5c43)n2)cc1. The van der Waals surface area contributed by atoms with Crippen LogP contribution in [-0.4, -0.2) is 39.9 Å². The lowest BCUT2D eigenvalue weighted by molar-refractivity contribution is 0.673. The maximum absolute atomic E-state index is 6.95. The van der Waals surface area contributed by atoms with E-state index in [1.165, 1.54) is 0 Å². The second-order valence-electron chi connectivity index (χ2n) is 25.2. The van der Waals surface area contributed by atoms with Gasteiger partial charge in [-0.3, -0.25) is 0 Å². The van der Waals surface area contributed by atoms with Crippen molar-refractivity contribution in [1.82, 2.24) is 39.9 Å². The van der Waals surface area contributed by atoms with Crippen LogP contribution in [0.1, 0.15) is 0 Å². The molecule has 0 saturated carbocycles. The molecule has 0 amide bonds. The molecule has 0 aliphatic heterocycles. The highest BCUT2D eigenvalue weighted by Gasteiger charge is 2.24. The number of fused-ring (bicyclic) bond motifs is 14. The minimum Gasteiger partial charge on any atom is -0.455 e. The zero-order chi connectivity index (χ0) is 67.5. The van der Waals surface area contributed by atoms with Gasteiger partial charge in [0.25, 0.3) is 0 Å². The molecule has 102 heavy (non-hydrogen) atoms. The summed E-state index contributed by atoms with van der Waals surface area (Å²) in [5.74, 6) is 3.72. The first-order valence-electron chi connectivity index (χ1n) is 34.0. The number of pyridine rings is 2. The van der Waals surface area contributed by atoms with Crippen molar-refractivity contribution in [3.63, 3.8) is 0 Å². The van der Waals surface area contributed by atoms with Crippen LogP contribution in [0.2, 0.25) is 0 Å². The summed E-state index contributed by atoms with van der Waals surface area (Å²) < 4.78 is 13.9. The third kappa shape index (κ3) is 10.6. The third-order valence-electron chi connectivity index (χ3n) is 19.1. The van der Waals surface area contributed by atoms with Gasteiger partial charge in [0.05, 0.1) is 28.0 Å². The molecule has 0 aliphatic carbocycles. The molecule has 0 radical (unpaired) electrons. The van der Waals surface area contributed by atoms with E-state index in [9.17, 15) is 0 Å². The lowest BCUT2D eigenvalue weighted by atomic mass is 9.96. The molecule has 20 aromatic rings. The van der Waals surface area contributed by atoms with Crippen molar-refractivity contribution in [2.75, 3.05) is 0 Å². The summed E-state index contributed by atoms with van der Waals surface area (Å²) in [6.07, 6.45) is 0. The van der Waals surface area contributed by atoms with E-state index in [1.54, 1.807) is 0 Å². The molecule has 0 N–H and O–H groups in total. The maximum atomic E-state index is 6.95. The van der Waals surface area contributed by atoms with E-state index in [4.69, 9.17) is 48.7 Å². The Bertz CT molecular complexity index is 6460. The Hall–Kier alpha value is -14.0. The number of hydrogen-bond acceptors (Lipinski definition) is 10. The van der Waals surface area contributed by atoms with Gasteiger partial charge < -0.3 is 8.83 Å². The minimum absolute atomic E-state index is 0.563. The molecular weight excluding hydrogens is 1250 g/mol. The highest BCUT2D eigenvalue weighted by atomic mass is 16.3. The van der Waals surface area contributed by atoms with E-state index in [1.807, 2.05) is 170 Å². The topological polar surface area (TPSA) is 129 Å². The molecule has 0 atom stereocenters. The summed E-state index contributed by atoms with van der Waals surface area (Å²) in [5, 5.41) is 10.6. The van der Waals surface area contributed by atoms with Crippen molar-refractivity contribution in [2.24, 2.45) is 0 Å². The van der Waals surface area contributed by atoms with Crippen molar-refractivity contribution in [2.45, 2.75) is 0 Å². The quantitative estimate of drug-likeness (QED) is 0.122. The first-order valence-corrected chi connectivity index (χ1v) is 34.0. The molecule has 0 aliphatic rings. The normalized spacial score (nSPS) is 11.5. The molecule has 6 aromatic heterocycles.